The van der Waals surface area contributed by atoms with Crippen LogP contribution in [-0.4, -0.2) is 0 Å². The molecule has 0 bridgehead atoms. The van der Waals surface area contributed by atoms with Gasteiger partial charge in [-0.1, -0.05) is 18.6 Å². The monoisotopic (exact) mass is 136 g/mol. The lowest BCUT2D eigenvalue weighted by molar-refractivity contribution is 0.893. The van der Waals surface area contributed by atoms with Crippen LogP contribution in [0.2, 0.25) is 0 Å². The highest BCUT2D eigenvalue weighted by Gasteiger charge is 2.05. The molecular formula is C10H16. The lowest BCUT2D eigenvalue weighted by Crippen LogP contribution is -1.94. The van der Waals surface area contributed by atoms with Crippen molar-refractivity contribution in [3.8, 4) is 0 Å². The van der Waals surface area contributed by atoms with E-state index < -0.39 is 0 Å². The first-order valence-corrected chi connectivity index (χ1v) is 4.11. The summed E-state index contributed by atoms with van der Waals surface area (Å²) >= 11 is 0. The molecule has 0 saturated carbocycles. The highest BCUT2D eigenvalue weighted by atomic mass is 14.1. The molecule has 0 radical (unpaired) electrons. The summed E-state index contributed by atoms with van der Waals surface area (Å²) in [5.74, 6) is 0. The molecule has 56 valence electrons. The van der Waals surface area contributed by atoms with Gasteiger partial charge in [-0.05, 0) is 44.3 Å². The molecule has 0 atom stereocenters. The van der Waals surface area contributed by atoms with Crippen molar-refractivity contribution in [2.24, 2.45) is 0 Å². The van der Waals surface area contributed by atoms with E-state index in [4.69, 9.17) is 0 Å². The first kappa shape index (κ1) is 7.59. The van der Waals surface area contributed by atoms with E-state index >= 15 is 0 Å². The molecule has 10 heavy (non-hydrogen) atoms. The maximum absolute atomic E-state index is 2.38. The Balaban J connectivity index is 2.83. The zero-order chi connectivity index (χ0) is 7.56. The number of hydrogen-bond acceptors (Lipinski definition) is 0. The average Bonchev–Trinajstić information content (AvgIpc) is 1.95. The Labute approximate surface area is 63.6 Å². The van der Waals surface area contributed by atoms with Crippen LogP contribution in [0.4, 0.5) is 0 Å². The molecule has 1 aliphatic rings. The van der Waals surface area contributed by atoms with Gasteiger partial charge >= 0.3 is 0 Å². The summed E-state index contributed by atoms with van der Waals surface area (Å²) in [5, 5.41) is 0. The first-order chi connectivity index (χ1) is 4.75. The van der Waals surface area contributed by atoms with Crippen molar-refractivity contribution < 1.29 is 0 Å². The van der Waals surface area contributed by atoms with Crippen LogP contribution < -0.4 is 0 Å². The highest BCUT2D eigenvalue weighted by Crippen LogP contribution is 2.25. The molecule has 0 unspecified atom stereocenters. The Morgan fingerprint density at radius 2 is 2.10 bits per heavy atom. The quantitative estimate of drug-likeness (QED) is 0.518. The van der Waals surface area contributed by atoms with Gasteiger partial charge in [0.1, 0.15) is 0 Å². The molecule has 0 aromatic heterocycles. The van der Waals surface area contributed by atoms with Crippen molar-refractivity contribution in [2.45, 2.75) is 40.0 Å². The van der Waals surface area contributed by atoms with Crippen molar-refractivity contribution in [3.05, 3.63) is 22.8 Å². The van der Waals surface area contributed by atoms with Gasteiger partial charge in [-0.3, -0.25) is 0 Å². The fourth-order valence-corrected chi connectivity index (χ4v) is 1.49. The normalized spacial score (nSPS) is 19.3. The van der Waals surface area contributed by atoms with Gasteiger partial charge < -0.3 is 0 Å². The Morgan fingerprint density at radius 1 is 1.40 bits per heavy atom. The molecule has 1 rings (SSSR count). The van der Waals surface area contributed by atoms with Gasteiger partial charge in [-0.25, -0.2) is 0 Å². The highest BCUT2D eigenvalue weighted by molar-refractivity contribution is 5.35. The first-order valence-electron chi connectivity index (χ1n) is 4.11. The molecule has 0 aromatic carbocycles. The predicted molar refractivity (Wildman–Crippen MR) is 46.0 cm³/mol. The lowest BCUT2D eigenvalue weighted by Gasteiger charge is -2.15. The minimum atomic E-state index is 1.20. The lowest BCUT2D eigenvalue weighted by atomic mass is 9.92. The molecule has 0 nitrogen and oxygen atoms in total. The maximum atomic E-state index is 2.38. The number of hydrogen-bond donors (Lipinski definition) is 0. The molecule has 0 heterocycles. The van der Waals surface area contributed by atoms with Gasteiger partial charge in [0, 0.05) is 0 Å². The van der Waals surface area contributed by atoms with Gasteiger partial charge in [0.25, 0.3) is 0 Å². The Bertz CT molecular complexity index is 182. The zero-order valence-electron chi connectivity index (χ0n) is 7.20. The third-order valence-corrected chi connectivity index (χ3v) is 2.41. The van der Waals surface area contributed by atoms with Crippen LogP contribution in [0.15, 0.2) is 22.8 Å². The minimum absolute atomic E-state index is 1.20. The van der Waals surface area contributed by atoms with E-state index in [1.807, 2.05) is 0 Å². The van der Waals surface area contributed by atoms with Crippen LogP contribution in [0.5, 0.6) is 0 Å². The van der Waals surface area contributed by atoms with Gasteiger partial charge in [-0.15, -0.1) is 0 Å². The Kier molecular flexibility index (Phi) is 2.31. The SMILES string of the molecule is CCC1=CCCC(C)=C1C. The second-order valence-electron chi connectivity index (χ2n) is 3.03. The van der Waals surface area contributed by atoms with Crippen LogP contribution in [0.1, 0.15) is 40.0 Å². The summed E-state index contributed by atoms with van der Waals surface area (Å²) in [6.45, 7) is 6.72. The van der Waals surface area contributed by atoms with Crippen molar-refractivity contribution >= 4 is 0 Å². The standard InChI is InChI=1S/C10H16/c1-4-10-7-5-6-8(2)9(10)3/h7H,4-6H2,1-3H3. The van der Waals surface area contributed by atoms with E-state index in [0.717, 1.165) is 0 Å². The fraction of sp³-hybridized carbons (Fsp3) is 0.600. The summed E-state index contributed by atoms with van der Waals surface area (Å²) < 4.78 is 0. The minimum Gasteiger partial charge on any atom is -0.0807 e. The van der Waals surface area contributed by atoms with E-state index in [0.29, 0.717) is 0 Å². The van der Waals surface area contributed by atoms with E-state index in [1.54, 1.807) is 11.1 Å². The van der Waals surface area contributed by atoms with Gasteiger partial charge in [0.15, 0.2) is 0 Å². The van der Waals surface area contributed by atoms with Crippen LogP contribution in [0.3, 0.4) is 0 Å². The van der Waals surface area contributed by atoms with E-state index in [-0.39, 0.29) is 0 Å². The second kappa shape index (κ2) is 3.05. The largest absolute Gasteiger partial charge is 0.0807 e. The Morgan fingerprint density at radius 3 is 2.60 bits per heavy atom. The van der Waals surface area contributed by atoms with Crippen LogP contribution in [0.25, 0.3) is 0 Å². The maximum Gasteiger partial charge on any atom is -0.0282 e. The molecule has 0 fully saturated rings. The van der Waals surface area contributed by atoms with Crippen LogP contribution >= 0.6 is 0 Å². The fourth-order valence-electron chi connectivity index (χ4n) is 1.49. The van der Waals surface area contributed by atoms with E-state index in [1.165, 1.54) is 24.8 Å². The number of allylic oxidation sites excluding steroid dienone is 4. The molecule has 0 N–H and O–H groups in total. The third-order valence-electron chi connectivity index (χ3n) is 2.41. The average molecular weight is 136 g/mol. The second-order valence-corrected chi connectivity index (χ2v) is 3.03. The van der Waals surface area contributed by atoms with Crippen molar-refractivity contribution in [3.63, 3.8) is 0 Å². The van der Waals surface area contributed by atoms with Crippen molar-refractivity contribution in [1.82, 2.24) is 0 Å². The Hall–Kier alpha value is -0.520. The summed E-state index contributed by atoms with van der Waals surface area (Å²) in [4.78, 5) is 0. The van der Waals surface area contributed by atoms with Crippen molar-refractivity contribution in [2.75, 3.05) is 0 Å². The molecular weight excluding hydrogens is 120 g/mol. The predicted octanol–water partition coefficient (Wildman–Crippen LogP) is 3.45. The van der Waals surface area contributed by atoms with Gasteiger partial charge in [-0.2, -0.15) is 0 Å². The summed E-state index contributed by atoms with van der Waals surface area (Å²) in [6, 6.07) is 0. The zero-order valence-corrected chi connectivity index (χ0v) is 7.20. The molecule has 0 amide bonds. The molecule has 0 aliphatic heterocycles. The van der Waals surface area contributed by atoms with E-state index in [9.17, 15) is 0 Å². The topological polar surface area (TPSA) is 0 Å². The van der Waals surface area contributed by atoms with E-state index in [2.05, 4.69) is 26.8 Å². The third kappa shape index (κ3) is 1.31. The molecule has 0 spiro atoms. The molecule has 1 aliphatic carbocycles. The summed E-state index contributed by atoms with van der Waals surface area (Å²) in [5.41, 5.74) is 4.68. The summed E-state index contributed by atoms with van der Waals surface area (Å²) in [6.07, 6.45) is 6.10. The summed E-state index contributed by atoms with van der Waals surface area (Å²) in [7, 11) is 0. The van der Waals surface area contributed by atoms with Crippen LogP contribution in [0, 0.1) is 0 Å². The number of rotatable bonds is 1. The van der Waals surface area contributed by atoms with Crippen LogP contribution in [-0.2, 0) is 0 Å². The molecule has 0 heteroatoms. The van der Waals surface area contributed by atoms with Gasteiger partial charge in [0.05, 0.1) is 0 Å². The molecule has 0 saturated heterocycles. The molecule has 0 aromatic rings. The van der Waals surface area contributed by atoms with Crippen molar-refractivity contribution in [1.29, 1.82) is 0 Å². The van der Waals surface area contributed by atoms with Gasteiger partial charge in [0.2, 0.25) is 0 Å². The smallest absolute Gasteiger partial charge is 0.0282 e.